The van der Waals surface area contributed by atoms with Gasteiger partial charge in [0.25, 0.3) is 11.8 Å². The Hall–Kier alpha value is -2.75. The molecule has 2 aliphatic heterocycles. The van der Waals surface area contributed by atoms with Crippen LogP contribution in [0, 0.1) is 23.6 Å². The van der Waals surface area contributed by atoms with Gasteiger partial charge in [-0.25, -0.2) is 9.29 Å². The zero-order valence-corrected chi connectivity index (χ0v) is 24.3. The van der Waals surface area contributed by atoms with Crippen molar-refractivity contribution >= 4 is 68.4 Å². The average molecular weight is 650 g/mol. The molecule has 3 fully saturated rings. The van der Waals surface area contributed by atoms with E-state index in [4.69, 9.17) is 23.2 Å². The normalized spacial score (nSPS) is 33.2. The molecule has 1 saturated carbocycles. The van der Waals surface area contributed by atoms with Crippen molar-refractivity contribution in [3.05, 3.63) is 70.0 Å². The summed E-state index contributed by atoms with van der Waals surface area (Å²) in [5.74, 6) is -6.12. The molecule has 2 aliphatic carbocycles. The molecular formula is C29H24BrCl2FN2O5. The van der Waals surface area contributed by atoms with Gasteiger partial charge in [-0.15, -0.1) is 23.2 Å². The summed E-state index contributed by atoms with van der Waals surface area (Å²) in [5, 5.41) is 11.0. The topological polar surface area (TPSA) is 95.0 Å². The van der Waals surface area contributed by atoms with E-state index in [1.165, 1.54) is 23.1 Å². The summed E-state index contributed by atoms with van der Waals surface area (Å²) in [6.07, 6.45) is 2.49. The van der Waals surface area contributed by atoms with Crippen LogP contribution in [0.15, 0.2) is 58.6 Å². The Morgan fingerprint density at radius 2 is 1.73 bits per heavy atom. The molecule has 11 heteroatoms. The zero-order chi connectivity index (χ0) is 28.7. The molecule has 6 unspecified atom stereocenters. The van der Waals surface area contributed by atoms with Gasteiger partial charge in [0.15, 0.2) is 9.75 Å². The van der Waals surface area contributed by atoms with Gasteiger partial charge in [-0.1, -0.05) is 34.5 Å². The maximum atomic E-state index is 14.2. The first-order valence-electron chi connectivity index (χ1n) is 13.0. The number of carbonyl (C=O) groups excluding carboxylic acids is 4. The summed E-state index contributed by atoms with van der Waals surface area (Å²) in [5.41, 5.74) is 0.940. The van der Waals surface area contributed by atoms with Gasteiger partial charge in [0.05, 0.1) is 17.5 Å². The second-order valence-electron chi connectivity index (χ2n) is 10.8. The SMILES string of the molecule is CCCN1C(=O)C2CC=C3C(CC4(Cl)C(=O)N(c5ccc(F)cc5)C(=O)C4(Cl)C3c3cc(Br)ccc3O)C2C1=O. The summed E-state index contributed by atoms with van der Waals surface area (Å²) < 4.78 is 14.3. The van der Waals surface area contributed by atoms with E-state index in [9.17, 15) is 28.7 Å². The fourth-order valence-corrected chi connectivity index (χ4v) is 8.32. The standard InChI is InChI=1S/C29H24BrCl2FN2O5/c1-2-11-34-24(37)18-9-8-17-20(22(18)25(34)38)13-28(31)26(39)35(16-6-4-15(33)5-7-16)27(40)29(28,32)23(17)19-12-14(30)3-10-21(19)36/h3-8,10,12,18,20,22-23,36H,2,9,11,13H2,1H3. The van der Waals surface area contributed by atoms with Crippen LogP contribution in [0.25, 0.3) is 0 Å². The number of hydrogen-bond donors (Lipinski definition) is 1. The van der Waals surface area contributed by atoms with E-state index in [2.05, 4.69) is 15.9 Å². The van der Waals surface area contributed by atoms with Crippen molar-refractivity contribution in [3.63, 3.8) is 0 Å². The van der Waals surface area contributed by atoms with Crippen molar-refractivity contribution in [1.82, 2.24) is 4.90 Å². The molecular weight excluding hydrogens is 626 g/mol. The largest absolute Gasteiger partial charge is 0.508 e. The maximum Gasteiger partial charge on any atom is 0.258 e. The lowest BCUT2D eigenvalue weighted by molar-refractivity contribution is -0.140. The molecule has 4 aliphatic rings. The monoisotopic (exact) mass is 648 g/mol. The van der Waals surface area contributed by atoms with Crippen LogP contribution in [-0.2, 0) is 19.2 Å². The number of nitrogens with zero attached hydrogens (tertiary/aromatic N) is 2. The Balaban J connectivity index is 1.57. The van der Waals surface area contributed by atoms with E-state index in [0.29, 0.717) is 16.5 Å². The highest BCUT2D eigenvalue weighted by Crippen LogP contribution is 2.66. The number of aromatic hydroxyl groups is 1. The van der Waals surface area contributed by atoms with Gasteiger partial charge < -0.3 is 5.11 Å². The average Bonchev–Trinajstić information content (AvgIpc) is 3.25. The lowest BCUT2D eigenvalue weighted by Gasteiger charge is -2.50. The molecule has 0 spiro atoms. The van der Waals surface area contributed by atoms with Crippen LogP contribution in [0.1, 0.15) is 37.7 Å². The highest BCUT2D eigenvalue weighted by Gasteiger charge is 2.76. The Kier molecular flexibility index (Phi) is 6.44. The Morgan fingerprint density at radius 3 is 2.40 bits per heavy atom. The number of imide groups is 2. The van der Waals surface area contributed by atoms with Crippen LogP contribution < -0.4 is 4.90 Å². The molecule has 0 aromatic heterocycles. The number of phenolic OH excluding ortho intramolecular Hbond substituents is 1. The molecule has 0 bridgehead atoms. The number of hydrogen-bond acceptors (Lipinski definition) is 5. The van der Waals surface area contributed by atoms with Crippen LogP contribution in [-0.4, -0.2) is 49.9 Å². The number of fused-ring (bicyclic) bond motifs is 4. The molecule has 2 aromatic carbocycles. The van der Waals surface area contributed by atoms with E-state index < -0.39 is 51.1 Å². The van der Waals surface area contributed by atoms with Gasteiger partial charge in [-0.05, 0) is 67.6 Å². The van der Waals surface area contributed by atoms with Crippen molar-refractivity contribution in [1.29, 1.82) is 0 Å². The lowest BCUT2D eigenvalue weighted by atomic mass is 9.56. The van der Waals surface area contributed by atoms with Crippen molar-refractivity contribution in [2.45, 2.75) is 41.9 Å². The molecule has 40 heavy (non-hydrogen) atoms. The highest BCUT2D eigenvalue weighted by molar-refractivity contribution is 9.10. The molecule has 7 nitrogen and oxygen atoms in total. The third-order valence-electron chi connectivity index (χ3n) is 8.74. The highest BCUT2D eigenvalue weighted by atomic mass is 79.9. The molecule has 208 valence electrons. The Morgan fingerprint density at radius 1 is 1.02 bits per heavy atom. The van der Waals surface area contributed by atoms with Crippen LogP contribution in [0.5, 0.6) is 5.75 Å². The summed E-state index contributed by atoms with van der Waals surface area (Å²) in [7, 11) is 0. The van der Waals surface area contributed by atoms with Crippen molar-refractivity contribution in [3.8, 4) is 5.75 Å². The lowest BCUT2D eigenvalue weighted by Crippen LogP contribution is -2.60. The first-order chi connectivity index (χ1) is 19.0. The van der Waals surface area contributed by atoms with Crippen molar-refractivity contribution < 1.29 is 28.7 Å². The molecule has 0 radical (unpaired) electrons. The van der Waals surface area contributed by atoms with Gasteiger partial charge in [0, 0.05) is 22.5 Å². The number of likely N-dealkylation sites (tertiary alicyclic amines) is 1. The number of benzene rings is 2. The fraction of sp³-hybridized carbons (Fsp3) is 0.379. The number of alkyl halides is 2. The number of halogens is 4. The number of phenols is 1. The third-order valence-corrected chi connectivity index (χ3v) is 10.6. The van der Waals surface area contributed by atoms with Gasteiger partial charge >= 0.3 is 0 Å². The fourth-order valence-electron chi connectivity index (χ4n) is 7.01. The molecule has 4 amide bonds. The van der Waals surface area contributed by atoms with Gasteiger partial charge in [0.1, 0.15) is 11.6 Å². The van der Waals surface area contributed by atoms with E-state index in [0.717, 1.165) is 17.0 Å². The minimum Gasteiger partial charge on any atom is -0.508 e. The first kappa shape index (κ1) is 27.4. The van der Waals surface area contributed by atoms with Crippen molar-refractivity contribution in [2.24, 2.45) is 17.8 Å². The molecule has 6 atom stereocenters. The molecule has 2 saturated heterocycles. The third kappa shape index (κ3) is 3.53. The van der Waals surface area contributed by atoms with E-state index >= 15 is 0 Å². The predicted octanol–water partition coefficient (Wildman–Crippen LogP) is 5.27. The molecule has 1 N–H and O–H groups in total. The number of carbonyl (C=O) groups is 4. The van der Waals surface area contributed by atoms with Crippen molar-refractivity contribution in [2.75, 3.05) is 11.4 Å². The summed E-state index contributed by atoms with van der Waals surface area (Å²) in [6, 6.07) is 9.49. The van der Waals surface area contributed by atoms with Crippen LogP contribution in [0.4, 0.5) is 10.1 Å². The molecule has 6 rings (SSSR count). The van der Waals surface area contributed by atoms with Crippen LogP contribution >= 0.6 is 39.1 Å². The Labute approximate surface area is 248 Å². The molecule has 2 aromatic rings. The second-order valence-corrected chi connectivity index (χ2v) is 12.9. The number of allylic oxidation sites excluding steroid dienone is 2. The van der Waals surface area contributed by atoms with E-state index in [1.54, 1.807) is 12.1 Å². The number of amides is 4. The first-order valence-corrected chi connectivity index (χ1v) is 14.6. The van der Waals surface area contributed by atoms with Crippen LogP contribution in [0.2, 0.25) is 0 Å². The maximum absolute atomic E-state index is 14.2. The Bertz CT molecular complexity index is 1520. The minimum atomic E-state index is -2.10. The van der Waals surface area contributed by atoms with E-state index in [-0.39, 0.29) is 48.2 Å². The van der Waals surface area contributed by atoms with Gasteiger partial charge in [-0.3, -0.25) is 24.1 Å². The number of anilines is 1. The van der Waals surface area contributed by atoms with E-state index in [1.807, 2.05) is 13.0 Å². The summed E-state index contributed by atoms with van der Waals surface area (Å²) >= 11 is 17.9. The predicted molar refractivity (Wildman–Crippen MR) is 149 cm³/mol. The summed E-state index contributed by atoms with van der Waals surface area (Å²) in [4.78, 5) is 53.2. The van der Waals surface area contributed by atoms with Gasteiger partial charge in [0.2, 0.25) is 11.8 Å². The minimum absolute atomic E-state index is 0.0964. The van der Waals surface area contributed by atoms with Crippen LogP contribution in [0.3, 0.4) is 0 Å². The summed E-state index contributed by atoms with van der Waals surface area (Å²) in [6.45, 7) is 2.16. The second kappa shape index (κ2) is 9.39. The number of rotatable bonds is 4. The molecule has 2 heterocycles. The smallest absolute Gasteiger partial charge is 0.258 e. The van der Waals surface area contributed by atoms with Gasteiger partial charge in [-0.2, -0.15) is 0 Å². The quantitative estimate of drug-likeness (QED) is 0.277. The zero-order valence-electron chi connectivity index (χ0n) is 21.2.